The average molecular weight is 476 g/mol. The number of aromatic nitrogens is 2. The smallest absolute Gasteiger partial charge is 0.251 e. The summed E-state index contributed by atoms with van der Waals surface area (Å²) in [6, 6.07) is 16.0. The molecule has 1 amide bonds. The third kappa shape index (κ3) is 5.30. The molecule has 2 N–H and O–H groups in total. The van der Waals surface area contributed by atoms with Crippen LogP contribution < -0.4 is 24.3 Å². The third-order valence-electron chi connectivity index (χ3n) is 5.52. The maximum Gasteiger partial charge on any atom is 0.251 e. The van der Waals surface area contributed by atoms with E-state index in [9.17, 15) is 9.90 Å². The number of ether oxygens (including phenoxy) is 4. The summed E-state index contributed by atoms with van der Waals surface area (Å²) in [6.45, 7) is 2.59. The SMILES string of the molecule is Cc1cccn2cc(COc3ccc(C(=O)NCC(O)COc4ccc5c(c4)OCO5)cc3)nc12. The maximum absolute atomic E-state index is 12.4. The van der Waals surface area contributed by atoms with E-state index in [2.05, 4.69) is 10.3 Å². The number of hydrogen-bond donors (Lipinski definition) is 2. The highest BCUT2D eigenvalue weighted by atomic mass is 16.7. The van der Waals surface area contributed by atoms with Crippen LogP contribution in [0, 0.1) is 6.92 Å². The van der Waals surface area contributed by atoms with Crippen molar-refractivity contribution in [1.82, 2.24) is 14.7 Å². The van der Waals surface area contributed by atoms with Gasteiger partial charge in [0.1, 0.15) is 36.5 Å². The number of imidazole rings is 1. The molecule has 4 aromatic rings. The van der Waals surface area contributed by atoms with Crippen molar-refractivity contribution >= 4 is 11.6 Å². The number of carbonyl (C=O) groups excluding carboxylic acids is 1. The molecule has 1 aliphatic heterocycles. The van der Waals surface area contributed by atoms with E-state index in [-0.39, 0.29) is 25.9 Å². The molecule has 0 aliphatic carbocycles. The third-order valence-corrected chi connectivity index (χ3v) is 5.52. The van der Waals surface area contributed by atoms with E-state index >= 15 is 0 Å². The molecule has 0 radical (unpaired) electrons. The highest BCUT2D eigenvalue weighted by Crippen LogP contribution is 2.35. The van der Waals surface area contributed by atoms with E-state index in [1.165, 1.54) is 0 Å². The Hall–Kier alpha value is -4.24. The summed E-state index contributed by atoms with van der Waals surface area (Å²) >= 11 is 0. The van der Waals surface area contributed by atoms with Crippen LogP contribution in [-0.2, 0) is 6.61 Å². The second kappa shape index (κ2) is 9.94. The molecule has 180 valence electrons. The highest BCUT2D eigenvalue weighted by molar-refractivity contribution is 5.94. The first kappa shape index (κ1) is 22.5. The Bertz CT molecular complexity index is 1330. The Morgan fingerprint density at radius 3 is 2.74 bits per heavy atom. The first-order chi connectivity index (χ1) is 17.0. The van der Waals surface area contributed by atoms with Crippen molar-refractivity contribution in [3.8, 4) is 23.0 Å². The summed E-state index contributed by atoms with van der Waals surface area (Å²) < 4.78 is 23.9. The molecule has 9 heteroatoms. The van der Waals surface area contributed by atoms with Crippen LogP contribution in [0.1, 0.15) is 21.6 Å². The minimum absolute atomic E-state index is 0.0231. The zero-order chi connectivity index (χ0) is 24.2. The highest BCUT2D eigenvalue weighted by Gasteiger charge is 2.15. The summed E-state index contributed by atoms with van der Waals surface area (Å²) in [5.74, 6) is 2.15. The molecule has 0 fully saturated rings. The topological polar surface area (TPSA) is 104 Å². The lowest BCUT2D eigenvalue weighted by Gasteiger charge is -2.14. The van der Waals surface area contributed by atoms with Crippen LogP contribution in [0.5, 0.6) is 23.0 Å². The van der Waals surface area contributed by atoms with Gasteiger partial charge in [-0.3, -0.25) is 4.79 Å². The molecule has 2 aromatic heterocycles. The molecule has 1 atom stereocenters. The fourth-order valence-electron chi connectivity index (χ4n) is 3.66. The number of carbonyl (C=O) groups is 1. The second-order valence-electron chi connectivity index (χ2n) is 8.16. The fraction of sp³-hybridized carbons (Fsp3) is 0.231. The number of benzene rings is 2. The van der Waals surface area contributed by atoms with Gasteiger partial charge in [-0.05, 0) is 55.0 Å². The number of pyridine rings is 1. The van der Waals surface area contributed by atoms with Crippen molar-refractivity contribution in [2.45, 2.75) is 19.6 Å². The van der Waals surface area contributed by atoms with Crippen molar-refractivity contribution in [3.63, 3.8) is 0 Å². The number of nitrogens with zero attached hydrogens (tertiary/aromatic N) is 2. The predicted molar refractivity (Wildman–Crippen MR) is 127 cm³/mol. The van der Waals surface area contributed by atoms with E-state index in [1.807, 2.05) is 35.9 Å². The molecular formula is C26H25N3O6. The lowest BCUT2D eigenvalue weighted by molar-refractivity contribution is 0.0843. The number of fused-ring (bicyclic) bond motifs is 2. The number of hydrogen-bond acceptors (Lipinski definition) is 7. The normalized spacial score (nSPS) is 13.0. The van der Waals surface area contributed by atoms with Gasteiger partial charge in [0, 0.05) is 30.6 Å². The predicted octanol–water partition coefficient (Wildman–Crippen LogP) is 3.12. The quantitative estimate of drug-likeness (QED) is 0.383. The zero-order valence-corrected chi connectivity index (χ0v) is 19.1. The fourth-order valence-corrected chi connectivity index (χ4v) is 3.66. The number of aliphatic hydroxyl groups excluding tert-OH is 1. The lowest BCUT2D eigenvalue weighted by atomic mass is 10.2. The monoisotopic (exact) mass is 475 g/mol. The Morgan fingerprint density at radius 1 is 1.11 bits per heavy atom. The van der Waals surface area contributed by atoms with Crippen LogP contribution in [0.15, 0.2) is 67.0 Å². The summed E-state index contributed by atoms with van der Waals surface area (Å²) in [4.78, 5) is 17.0. The van der Waals surface area contributed by atoms with Gasteiger partial charge < -0.3 is 33.8 Å². The van der Waals surface area contributed by atoms with Gasteiger partial charge >= 0.3 is 0 Å². The molecule has 0 bridgehead atoms. The molecular weight excluding hydrogens is 450 g/mol. The Morgan fingerprint density at radius 2 is 1.91 bits per heavy atom. The summed E-state index contributed by atoms with van der Waals surface area (Å²) in [6.07, 6.45) is 3.01. The molecule has 35 heavy (non-hydrogen) atoms. The Balaban J connectivity index is 1.07. The van der Waals surface area contributed by atoms with E-state index < -0.39 is 6.10 Å². The minimum atomic E-state index is -0.874. The molecule has 3 heterocycles. The molecule has 1 aliphatic rings. The molecule has 5 rings (SSSR count). The maximum atomic E-state index is 12.4. The van der Waals surface area contributed by atoms with Crippen LogP contribution in [0.2, 0.25) is 0 Å². The first-order valence-corrected chi connectivity index (χ1v) is 11.2. The van der Waals surface area contributed by atoms with E-state index in [4.69, 9.17) is 18.9 Å². The van der Waals surface area contributed by atoms with E-state index in [1.54, 1.807) is 42.5 Å². The van der Waals surface area contributed by atoms with Crippen LogP contribution >= 0.6 is 0 Å². The molecule has 1 unspecified atom stereocenters. The summed E-state index contributed by atoms with van der Waals surface area (Å²) in [5.41, 5.74) is 3.28. The van der Waals surface area contributed by atoms with Gasteiger partial charge in [0.15, 0.2) is 11.5 Å². The van der Waals surface area contributed by atoms with Crippen molar-refractivity contribution in [2.75, 3.05) is 19.9 Å². The molecule has 0 saturated heterocycles. The van der Waals surface area contributed by atoms with Gasteiger partial charge in [0.2, 0.25) is 6.79 Å². The lowest BCUT2D eigenvalue weighted by Crippen LogP contribution is -2.35. The van der Waals surface area contributed by atoms with E-state index in [0.717, 1.165) is 16.9 Å². The van der Waals surface area contributed by atoms with Gasteiger partial charge in [0.25, 0.3) is 5.91 Å². The molecule has 9 nitrogen and oxygen atoms in total. The van der Waals surface area contributed by atoms with E-state index in [0.29, 0.717) is 35.2 Å². The molecule has 0 saturated carbocycles. The van der Waals surface area contributed by atoms with Gasteiger partial charge in [-0.1, -0.05) is 6.07 Å². The Kier molecular flexibility index (Phi) is 6.40. The molecule has 2 aromatic carbocycles. The standard InChI is InChI=1S/C26H25N3O6/c1-17-3-2-10-29-13-19(28-25(17)29)14-32-21-6-4-18(5-7-21)26(31)27-12-20(30)15-33-22-8-9-23-24(11-22)35-16-34-23/h2-11,13,20,30H,12,14-16H2,1H3,(H,27,31). The molecule has 0 spiro atoms. The number of amides is 1. The van der Waals surface area contributed by atoms with Crippen LogP contribution in [0.4, 0.5) is 0 Å². The summed E-state index contributed by atoms with van der Waals surface area (Å²) in [5, 5.41) is 12.9. The average Bonchev–Trinajstić information content (AvgIpc) is 3.52. The van der Waals surface area contributed by atoms with Gasteiger partial charge in [-0.2, -0.15) is 0 Å². The van der Waals surface area contributed by atoms with Crippen molar-refractivity contribution in [3.05, 3.63) is 83.8 Å². The van der Waals surface area contributed by atoms with Gasteiger partial charge in [-0.25, -0.2) is 4.98 Å². The number of rotatable bonds is 9. The van der Waals surface area contributed by atoms with Gasteiger partial charge in [0.05, 0.1) is 5.69 Å². The largest absolute Gasteiger partial charge is 0.491 e. The minimum Gasteiger partial charge on any atom is -0.491 e. The van der Waals surface area contributed by atoms with Crippen LogP contribution in [-0.4, -0.2) is 46.4 Å². The number of aryl methyl sites for hydroxylation is 1. The zero-order valence-electron chi connectivity index (χ0n) is 19.1. The Labute approximate surface area is 201 Å². The van der Waals surface area contributed by atoms with Gasteiger partial charge in [-0.15, -0.1) is 0 Å². The van der Waals surface area contributed by atoms with Crippen molar-refractivity contribution in [1.29, 1.82) is 0 Å². The van der Waals surface area contributed by atoms with Crippen LogP contribution in [0.3, 0.4) is 0 Å². The van der Waals surface area contributed by atoms with Crippen molar-refractivity contribution < 1.29 is 28.8 Å². The first-order valence-electron chi connectivity index (χ1n) is 11.2. The number of nitrogens with one attached hydrogen (secondary N) is 1. The second-order valence-corrected chi connectivity index (χ2v) is 8.16. The number of aliphatic hydroxyl groups is 1. The van der Waals surface area contributed by atoms with Crippen molar-refractivity contribution in [2.24, 2.45) is 0 Å². The summed E-state index contributed by atoms with van der Waals surface area (Å²) in [7, 11) is 0. The van der Waals surface area contributed by atoms with Crippen LogP contribution in [0.25, 0.3) is 5.65 Å².